The molecule has 7 heteroatoms. The molecular weight excluding hydrogens is 420 g/mol. The first-order valence-corrected chi connectivity index (χ1v) is 11.5. The first-order valence-electron chi connectivity index (χ1n) is 10.7. The zero-order valence-electron chi connectivity index (χ0n) is 18.1. The van der Waals surface area contributed by atoms with Crippen molar-refractivity contribution in [3.63, 3.8) is 0 Å². The molecule has 4 aromatic rings. The van der Waals surface area contributed by atoms with Crippen LogP contribution in [0.1, 0.15) is 39.3 Å². The van der Waals surface area contributed by atoms with E-state index in [1.807, 2.05) is 41.9 Å². The molecule has 162 valence electrons. The highest BCUT2D eigenvalue weighted by molar-refractivity contribution is 7.20. The van der Waals surface area contributed by atoms with Crippen LogP contribution in [0.25, 0.3) is 10.2 Å². The number of rotatable bonds is 5. The predicted octanol–water partition coefficient (Wildman–Crippen LogP) is 5.14. The number of aromatic nitrogens is 2. The van der Waals surface area contributed by atoms with Crippen LogP contribution in [0.15, 0.2) is 54.6 Å². The summed E-state index contributed by atoms with van der Waals surface area (Å²) in [5, 5.41) is 8.69. The van der Waals surface area contributed by atoms with Crippen molar-refractivity contribution in [2.45, 2.75) is 33.2 Å². The number of nitrogens with zero attached hydrogens (tertiary/aromatic N) is 3. The summed E-state index contributed by atoms with van der Waals surface area (Å²) in [6.45, 7) is 5.38. The summed E-state index contributed by atoms with van der Waals surface area (Å²) < 4.78 is 1.97. The molecule has 2 aromatic heterocycles. The third kappa shape index (κ3) is 3.80. The Morgan fingerprint density at radius 3 is 2.66 bits per heavy atom. The normalized spacial score (nSPS) is 13.8. The Bertz CT molecular complexity index is 1320. The minimum absolute atomic E-state index is 0.0976. The van der Waals surface area contributed by atoms with Crippen molar-refractivity contribution in [2.75, 3.05) is 16.8 Å². The molecule has 0 aliphatic carbocycles. The van der Waals surface area contributed by atoms with Crippen molar-refractivity contribution in [3.8, 4) is 0 Å². The van der Waals surface area contributed by atoms with Gasteiger partial charge in [0.25, 0.3) is 5.91 Å². The summed E-state index contributed by atoms with van der Waals surface area (Å²) in [5.74, 6) is -0.0769. The highest BCUT2D eigenvalue weighted by Gasteiger charge is 2.25. The van der Waals surface area contributed by atoms with Crippen LogP contribution < -0.4 is 10.2 Å². The highest BCUT2D eigenvalue weighted by Crippen LogP contribution is 2.32. The number of hydrogen-bond donors (Lipinski definition) is 1. The molecule has 1 aliphatic rings. The largest absolute Gasteiger partial charge is 0.319 e. The van der Waals surface area contributed by atoms with E-state index in [1.165, 1.54) is 22.5 Å². The maximum absolute atomic E-state index is 13.1. The summed E-state index contributed by atoms with van der Waals surface area (Å²) in [7, 11) is 0. The minimum Gasteiger partial charge on any atom is -0.319 e. The third-order valence-electron chi connectivity index (χ3n) is 5.80. The van der Waals surface area contributed by atoms with Crippen LogP contribution in [-0.2, 0) is 11.3 Å². The second-order valence-electron chi connectivity index (χ2n) is 8.18. The second kappa shape index (κ2) is 8.24. The Balaban J connectivity index is 1.42. The fraction of sp³-hybridized carbons (Fsp3) is 0.240. The van der Waals surface area contributed by atoms with Gasteiger partial charge in [-0.15, -0.1) is 11.3 Å². The lowest BCUT2D eigenvalue weighted by molar-refractivity contribution is -0.117. The van der Waals surface area contributed by atoms with Crippen LogP contribution in [-0.4, -0.2) is 28.1 Å². The molecule has 0 atom stereocenters. The predicted molar refractivity (Wildman–Crippen MR) is 129 cm³/mol. The Morgan fingerprint density at radius 1 is 1.12 bits per heavy atom. The molecule has 3 heterocycles. The Hall–Kier alpha value is -3.45. The van der Waals surface area contributed by atoms with Gasteiger partial charge in [-0.25, -0.2) is 0 Å². The number of carbonyl (C=O) groups is 2. The average Bonchev–Trinajstić information content (AvgIpc) is 3.48. The molecule has 6 nitrogen and oxygen atoms in total. The molecule has 32 heavy (non-hydrogen) atoms. The summed E-state index contributed by atoms with van der Waals surface area (Å²) >= 11 is 1.44. The number of para-hydroxylation sites is 2. The van der Waals surface area contributed by atoms with Gasteiger partial charge in [0.15, 0.2) is 0 Å². The SMILES string of the molecule is Cc1ccc(Cn2nc(C)c3cc(C(=O)Nc4ccccc4N4CCCC4=O)sc32)cc1. The number of nitrogens with one attached hydrogen (secondary N) is 1. The van der Waals surface area contributed by atoms with Crippen molar-refractivity contribution < 1.29 is 9.59 Å². The standard InChI is InChI=1S/C25H24N4O2S/c1-16-9-11-18(12-10-16)15-29-25-19(17(2)27-29)14-22(32-25)24(31)26-20-6-3-4-7-21(20)28-13-5-8-23(28)30/h3-4,6-7,9-12,14H,5,8,13,15H2,1-2H3,(H,26,31). The Kier molecular flexibility index (Phi) is 5.27. The number of amides is 2. The third-order valence-corrected chi connectivity index (χ3v) is 6.95. The summed E-state index contributed by atoms with van der Waals surface area (Å²) in [6, 6.07) is 17.8. The van der Waals surface area contributed by atoms with Crippen LogP contribution in [0.5, 0.6) is 0 Å². The molecule has 2 amide bonds. The number of benzene rings is 2. The average molecular weight is 445 g/mol. The summed E-state index contributed by atoms with van der Waals surface area (Å²) in [5.41, 5.74) is 4.71. The quantitative estimate of drug-likeness (QED) is 0.463. The number of fused-ring (bicyclic) bond motifs is 1. The second-order valence-corrected chi connectivity index (χ2v) is 9.21. The lowest BCUT2D eigenvalue weighted by atomic mass is 10.1. The zero-order valence-corrected chi connectivity index (χ0v) is 18.9. The van der Waals surface area contributed by atoms with Gasteiger partial charge in [-0.1, -0.05) is 42.0 Å². The van der Waals surface area contributed by atoms with E-state index in [-0.39, 0.29) is 11.8 Å². The maximum atomic E-state index is 13.1. The van der Waals surface area contributed by atoms with Gasteiger partial charge in [0.1, 0.15) is 4.83 Å². The molecule has 5 rings (SSSR count). The number of anilines is 2. The molecule has 1 N–H and O–H groups in total. The van der Waals surface area contributed by atoms with E-state index in [0.717, 1.165) is 28.0 Å². The van der Waals surface area contributed by atoms with E-state index in [1.54, 1.807) is 4.90 Å². The minimum atomic E-state index is -0.174. The maximum Gasteiger partial charge on any atom is 0.265 e. The molecule has 0 saturated carbocycles. The first-order chi connectivity index (χ1) is 15.5. The molecule has 0 radical (unpaired) electrons. The van der Waals surface area contributed by atoms with Crippen molar-refractivity contribution in [1.29, 1.82) is 0 Å². The van der Waals surface area contributed by atoms with Crippen LogP contribution in [0, 0.1) is 13.8 Å². The van der Waals surface area contributed by atoms with Gasteiger partial charge < -0.3 is 10.2 Å². The van der Waals surface area contributed by atoms with Crippen molar-refractivity contribution in [3.05, 3.63) is 76.3 Å². The summed E-state index contributed by atoms with van der Waals surface area (Å²) in [6.07, 6.45) is 1.39. The van der Waals surface area contributed by atoms with E-state index in [4.69, 9.17) is 0 Å². The molecule has 1 saturated heterocycles. The van der Waals surface area contributed by atoms with Crippen LogP contribution in [0.2, 0.25) is 0 Å². The highest BCUT2D eigenvalue weighted by atomic mass is 32.1. The van der Waals surface area contributed by atoms with Gasteiger partial charge in [-0.2, -0.15) is 5.10 Å². The van der Waals surface area contributed by atoms with Gasteiger partial charge in [0.2, 0.25) is 5.91 Å². The molecule has 2 aromatic carbocycles. The lowest BCUT2D eigenvalue weighted by Gasteiger charge is -2.19. The fourth-order valence-electron chi connectivity index (χ4n) is 4.10. The van der Waals surface area contributed by atoms with Gasteiger partial charge >= 0.3 is 0 Å². The van der Waals surface area contributed by atoms with Gasteiger partial charge in [0, 0.05) is 18.4 Å². The molecule has 0 bridgehead atoms. The van der Waals surface area contributed by atoms with E-state index >= 15 is 0 Å². The number of carbonyl (C=O) groups excluding carboxylic acids is 2. The van der Waals surface area contributed by atoms with Crippen LogP contribution in [0.4, 0.5) is 11.4 Å². The Morgan fingerprint density at radius 2 is 1.91 bits per heavy atom. The number of aryl methyl sites for hydroxylation is 2. The first kappa shape index (κ1) is 20.5. The number of thiophene rings is 1. The topological polar surface area (TPSA) is 67.2 Å². The van der Waals surface area contributed by atoms with Crippen molar-refractivity contribution in [1.82, 2.24) is 9.78 Å². The zero-order chi connectivity index (χ0) is 22.2. The van der Waals surface area contributed by atoms with E-state index in [0.29, 0.717) is 30.1 Å². The van der Waals surface area contributed by atoms with Gasteiger partial charge in [-0.05, 0) is 44.0 Å². The molecular formula is C25H24N4O2S. The fourth-order valence-corrected chi connectivity index (χ4v) is 5.16. The molecule has 1 aliphatic heterocycles. The van der Waals surface area contributed by atoms with Gasteiger partial charge in [-0.3, -0.25) is 14.3 Å². The molecule has 0 unspecified atom stereocenters. The molecule has 1 fully saturated rings. The van der Waals surface area contributed by atoms with E-state index in [2.05, 4.69) is 41.6 Å². The van der Waals surface area contributed by atoms with E-state index in [9.17, 15) is 9.59 Å². The monoisotopic (exact) mass is 444 g/mol. The van der Waals surface area contributed by atoms with Crippen molar-refractivity contribution in [2.24, 2.45) is 0 Å². The summed E-state index contributed by atoms with van der Waals surface area (Å²) in [4.78, 5) is 28.7. The smallest absolute Gasteiger partial charge is 0.265 e. The van der Waals surface area contributed by atoms with Crippen molar-refractivity contribution >= 4 is 44.7 Å². The van der Waals surface area contributed by atoms with Gasteiger partial charge in [0.05, 0.1) is 28.5 Å². The molecule has 0 spiro atoms. The Labute approximate surface area is 190 Å². The van der Waals surface area contributed by atoms with Crippen LogP contribution >= 0.6 is 11.3 Å². The van der Waals surface area contributed by atoms with Crippen LogP contribution in [0.3, 0.4) is 0 Å². The number of hydrogen-bond acceptors (Lipinski definition) is 4. The van der Waals surface area contributed by atoms with E-state index < -0.39 is 0 Å². The lowest BCUT2D eigenvalue weighted by Crippen LogP contribution is -2.25.